The van der Waals surface area contributed by atoms with E-state index in [-0.39, 0.29) is 5.75 Å². The van der Waals surface area contributed by atoms with Crippen molar-refractivity contribution < 1.29 is 9.84 Å². The van der Waals surface area contributed by atoms with Crippen molar-refractivity contribution in [3.05, 3.63) is 28.2 Å². The molecule has 0 saturated carbocycles. The van der Waals surface area contributed by atoms with E-state index in [2.05, 4.69) is 15.9 Å². The summed E-state index contributed by atoms with van der Waals surface area (Å²) >= 11 is 3.23. The summed E-state index contributed by atoms with van der Waals surface area (Å²) in [6.07, 6.45) is 3.70. The molecule has 0 aliphatic carbocycles. The molecule has 0 atom stereocenters. The topological polar surface area (TPSA) is 55.5 Å². The van der Waals surface area contributed by atoms with E-state index in [1.807, 2.05) is 12.2 Å². The van der Waals surface area contributed by atoms with Crippen LogP contribution in [0.2, 0.25) is 0 Å². The zero-order valence-corrected chi connectivity index (χ0v) is 9.41. The second-order valence-corrected chi connectivity index (χ2v) is 3.55. The molecular weight excluding hydrogens is 246 g/mol. The van der Waals surface area contributed by atoms with E-state index >= 15 is 0 Å². The van der Waals surface area contributed by atoms with E-state index in [0.717, 1.165) is 5.56 Å². The first kappa shape index (κ1) is 11.1. The second kappa shape index (κ2) is 5.02. The first-order valence-corrected chi connectivity index (χ1v) is 4.91. The van der Waals surface area contributed by atoms with Crippen molar-refractivity contribution in [1.82, 2.24) is 0 Å². The summed E-state index contributed by atoms with van der Waals surface area (Å²) in [5.74, 6) is 0.549. The van der Waals surface area contributed by atoms with Crippen LogP contribution in [0.1, 0.15) is 5.56 Å². The molecule has 3 N–H and O–H groups in total. The Morgan fingerprint density at radius 3 is 2.86 bits per heavy atom. The summed E-state index contributed by atoms with van der Waals surface area (Å²) < 4.78 is 5.61. The van der Waals surface area contributed by atoms with Crippen LogP contribution in [-0.2, 0) is 0 Å². The van der Waals surface area contributed by atoms with E-state index in [1.165, 1.54) is 7.11 Å². The van der Waals surface area contributed by atoms with Gasteiger partial charge in [0.05, 0.1) is 11.6 Å². The minimum absolute atomic E-state index is 0.109. The van der Waals surface area contributed by atoms with Crippen LogP contribution in [0, 0.1) is 0 Å². The fourth-order valence-corrected chi connectivity index (χ4v) is 1.51. The molecule has 0 aliphatic rings. The van der Waals surface area contributed by atoms with Gasteiger partial charge in [-0.2, -0.15) is 0 Å². The largest absolute Gasteiger partial charge is 0.503 e. The van der Waals surface area contributed by atoms with Gasteiger partial charge in [-0.25, -0.2) is 0 Å². The van der Waals surface area contributed by atoms with Gasteiger partial charge < -0.3 is 15.6 Å². The van der Waals surface area contributed by atoms with Crippen LogP contribution >= 0.6 is 15.9 Å². The van der Waals surface area contributed by atoms with Crippen LogP contribution in [0.25, 0.3) is 6.08 Å². The van der Waals surface area contributed by atoms with Crippen molar-refractivity contribution in [2.75, 3.05) is 13.7 Å². The number of halogens is 1. The number of aromatic hydroxyl groups is 1. The Morgan fingerprint density at radius 1 is 1.57 bits per heavy atom. The molecule has 0 amide bonds. The van der Waals surface area contributed by atoms with Crippen LogP contribution in [0.5, 0.6) is 11.5 Å². The molecule has 0 spiro atoms. The van der Waals surface area contributed by atoms with Crippen LogP contribution in [0.15, 0.2) is 22.7 Å². The molecule has 1 aromatic carbocycles. The number of benzene rings is 1. The molecule has 0 bridgehead atoms. The maximum Gasteiger partial charge on any atom is 0.172 e. The molecule has 4 heteroatoms. The quantitative estimate of drug-likeness (QED) is 0.873. The zero-order valence-electron chi connectivity index (χ0n) is 7.83. The molecule has 1 rings (SSSR count). The van der Waals surface area contributed by atoms with Crippen LogP contribution in [-0.4, -0.2) is 18.8 Å². The highest BCUT2D eigenvalue weighted by molar-refractivity contribution is 9.10. The van der Waals surface area contributed by atoms with Gasteiger partial charge in [0, 0.05) is 6.54 Å². The maximum atomic E-state index is 9.53. The van der Waals surface area contributed by atoms with Gasteiger partial charge in [0.1, 0.15) is 0 Å². The Bertz CT molecular complexity index is 350. The molecule has 0 saturated heterocycles. The Morgan fingerprint density at radius 2 is 2.29 bits per heavy atom. The number of rotatable bonds is 3. The summed E-state index contributed by atoms with van der Waals surface area (Å²) in [5, 5.41) is 9.53. The number of hydrogen-bond donors (Lipinski definition) is 2. The summed E-state index contributed by atoms with van der Waals surface area (Å²) in [7, 11) is 1.51. The van der Waals surface area contributed by atoms with Gasteiger partial charge >= 0.3 is 0 Å². The molecule has 0 aromatic heterocycles. The van der Waals surface area contributed by atoms with Gasteiger partial charge in [-0.3, -0.25) is 0 Å². The van der Waals surface area contributed by atoms with Crippen LogP contribution in [0.3, 0.4) is 0 Å². The smallest absolute Gasteiger partial charge is 0.172 e. The average molecular weight is 258 g/mol. The number of methoxy groups -OCH3 is 1. The molecular formula is C10H12BrNO2. The maximum absolute atomic E-state index is 9.53. The number of hydrogen-bond acceptors (Lipinski definition) is 3. The molecule has 0 radical (unpaired) electrons. The molecule has 0 aliphatic heterocycles. The molecule has 3 nitrogen and oxygen atoms in total. The third kappa shape index (κ3) is 2.49. The van der Waals surface area contributed by atoms with E-state index < -0.39 is 0 Å². The standard InChI is InChI=1S/C10H12BrNO2/c1-14-9-6-7(3-2-4-12)5-8(11)10(9)13/h2-3,5-6,13H,4,12H2,1H3. The highest BCUT2D eigenvalue weighted by Gasteiger charge is 2.06. The predicted octanol–water partition coefficient (Wildman–Crippen LogP) is 2.14. The molecule has 76 valence electrons. The van der Waals surface area contributed by atoms with Crippen LogP contribution in [0.4, 0.5) is 0 Å². The summed E-state index contributed by atoms with van der Waals surface area (Å²) in [4.78, 5) is 0. The molecule has 14 heavy (non-hydrogen) atoms. The number of nitrogens with two attached hydrogens (primary N) is 1. The lowest BCUT2D eigenvalue weighted by atomic mass is 10.2. The van der Waals surface area contributed by atoms with Crippen molar-refractivity contribution in [3.63, 3.8) is 0 Å². The van der Waals surface area contributed by atoms with E-state index in [0.29, 0.717) is 16.8 Å². The lowest BCUT2D eigenvalue weighted by molar-refractivity contribution is 0.372. The molecule has 0 unspecified atom stereocenters. The normalized spacial score (nSPS) is 10.8. The highest BCUT2D eigenvalue weighted by atomic mass is 79.9. The van der Waals surface area contributed by atoms with Crippen molar-refractivity contribution in [2.45, 2.75) is 0 Å². The van der Waals surface area contributed by atoms with Crippen molar-refractivity contribution >= 4 is 22.0 Å². The van der Waals surface area contributed by atoms with E-state index in [1.54, 1.807) is 12.1 Å². The zero-order chi connectivity index (χ0) is 10.6. The summed E-state index contributed by atoms with van der Waals surface area (Å²) in [5.41, 5.74) is 6.26. The average Bonchev–Trinajstić information content (AvgIpc) is 2.19. The van der Waals surface area contributed by atoms with Crippen molar-refractivity contribution in [1.29, 1.82) is 0 Å². The minimum atomic E-state index is 0.109. The third-order valence-electron chi connectivity index (χ3n) is 1.72. The predicted molar refractivity (Wildman–Crippen MR) is 60.4 cm³/mol. The number of phenolic OH excluding ortho intramolecular Hbond substituents is 1. The van der Waals surface area contributed by atoms with Gasteiger partial charge in [0.2, 0.25) is 0 Å². The number of ether oxygens (including phenoxy) is 1. The Hall–Kier alpha value is -1.00. The van der Waals surface area contributed by atoms with E-state index in [4.69, 9.17) is 10.5 Å². The van der Waals surface area contributed by atoms with Crippen molar-refractivity contribution in [3.8, 4) is 11.5 Å². The van der Waals surface area contributed by atoms with Gasteiger partial charge in [-0.05, 0) is 33.6 Å². The van der Waals surface area contributed by atoms with Gasteiger partial charge in [0.15, 0.2) is 11.5 Å². The van der Waals surface area contributed by atoms with Gasteiger partial charge in [-0.15, -0.1) is 0 Å². The lowest BCUT2D eigenvalue weighted by Crippen LogP contribution is -1.92. The molecule has 0 heterocycles. The minimum Gasteiger partial charge on any atom is -0.503 e. The first-order chi connectivity index (χ1) is 6.69. The fourth-order valence-electron chi connectivity index (χ4n) is 1.05. The second-order valence-electron chi connectivity index (χ2n) is 2.69. The Labute approximate surface area is 91.3 Å². The van der Waals surface area contributed by atoms with Gasteiger partial charge in [-0.1, -0.05) is 12.2 Å². The van der Waals surface area contributed by atoms with Gasteiger partial charge in [0.25, 0.3) is 0 Å². The first-order valence-electron chi connectivity index (χ1n) is 4.12. The Kier molecular flexibility index (Phi) is 3.98. The SMILES string of the molecule is COc1cc(C=CCN)cc(Br)c1O. The number of phenols is 1. The monoisotopic (exact) mass is 257 g/mol. The Balaban J connectivity index is 3.09. The third-order valence-corrected chi connectivity index (χ3v) is 2.32. The summed E-state index contributed by atoms with van der Waals surface area (Å²) in [6, 6.07) is 3.54. The fraction of sp³-hybridized carbons (Fsp3) is 0.200. The molecule has 1 aromatic rings. The lowest BCUT2D eigenvalue weighted by Gasteiger charge is -2.06. The van der Waals surface area contributed by atoms with Crippen molar-refractivity contribution in [2.24, 2.45) is 5.73 Å². The summed E-state index contributed by atoms with van der Waals surface area (Å²) in [6.45, 7) is 0.487. The van der Waals surface area contributed by atoms with Crippen LogP contribution < -0.4 is 10.5 Å². The highest BCUT2D eigenvalue weighted by Crippen LogP contribution is 2.35. The van der Waals surface area contributed by atoms with E-state index in [9.17, 15) is 5.11 Å². The molecule has 0 fully saturated rings.